The van der Waals surface area contributed by atoms with Gasteiger partial charge in [0.1, 0.15) is 11.5 Å². The standard InChI is InChI=1S/C20H28N2O2.C13H16N2O/c1-3-19-18(20(23)15-9-6-5-7-10-15)14-22(21-19)16-11-8-12-17(13-16)24-4-2;1-3-11-8-9-15(14-11)12-6-5-7-13(10-12)16-4-2/h8,11-15,20,23H,3-7,9-10H2,1-2H3;5-10H,3-4H2,1-2H3. The number of aliphatic hydroxyl groups excluding tert-OH is 1. The zero-order valence-electron chi connectivity index (χ0n) is 24.4. The van der Waals surface area contributed by atoms with E-state index in [0.29, 0.717) is 19.1 Å². The third-order valence-corrected chi connectivity index (χ3v) is 7.37. The van der Waals surface area contributed by atoms with Gasteiger partial charge in [-0.25, -0.2) is 9.36 Å². The summed E-state index contributed by atoms with van der Waals surface area (Å²) in [4.78, 5) is 0. The molecule has 0 saturated heterocycles. The predicted octanol–water partition coefficient (Wildman–Crippen LogP) is 7.28. The molecule has 0 bridgehead atoms. The Morgan fingerprint density at radius 2 is 1.43 bits per heavy atom. The summed E-state index contributed by atoms with van der Waals surface area (Å²) in [5.74, 6) is 2.10. The van der Waals surface area contributed by atoms with Crippen molar-refractivity contribution in [3.8, 4) is 22.9 Å². The fourth-order valence-corrected chi connectivity index (χ4v) is 5.24. The second kappa shape index (κ2) is 14.7. The summed E-state index contributed by atoms with van der Waals surface area (Å²) >= 11 is 0. The maximum atomic E-state index is 10.9. The quantitative estimate of drug-likeness (QED) is 0.227. The van der Waals surface area contributed by atoms with Gasteiger partial charge in [-0.15, -0.1) is 0 Å². The predicted molar refractivity (Wildman–Crippen MR) is 160 cm³/mol. The molecule has 0 spiro atoms. The van der Waals surface area contributed by atoms with Crippen LogP contribution in [0.15, 0.2) is 67.0 Å². The molecule has 214 valence electrons. The fraction of sp³-hybridized carbons (Fsp3) is 0.455. The molecule has 5 rings (SSSR count). The maximum absolute atomic E-state index is 10.9. The van der Waals surface area contributed by atoms with Crippen LogP contribution in [0.5, 0.6) is 11.5 Å². The lowest BCUT2D eigenvalue weighted by molar-refractivity contribution is 0.0841. The third-order valence-electron chi connectivity index (χ3n) is 7.37. The van der Waals surface area contributed by atoms with Crippen LogP contribution in [0.3, 0.4) is 0 Å². The molecule has 0 amide bonds. The average molecular weight is 545 g/mol. The second-order valence-corrected chi connectivity index (χ2v) is 10.1. The Bertz CT molecular complexity index is 1320. The van der Waals surface area contributed by atoms with E-state index in [-0.39, 0.29) is 0 Å². The van der Waals surface area contributed by atoms with Crippen molar-refractivity contribution >= 4 is 0 Å². The molecule has 7 heteroatoms. The van der Waals surface area contributed by atoms with Crippen LogP contribution in [0, 0.1) is 5.92 Å². The van der Waals surface area contributed by atoms with Gasteiger partial charge in [0.05, 0.1) is 42.1 Å². The summed E-state index contributed by atoms with van der Waals surface area (Å²) in [6.07, 6.45) is 11.4. The Kier molecular flexibility index (Phi) is 10.8. The molecule has 1 aliphatic carbocycles. The Morgan fingerprint density at radius 1 is 0.800 bits per heavy atom. The van der Waals surface area contributed by atoms with Gasteiger partial charge in [0.15, 0.2) is 0 Å². The fourth-order valence-electron chi connectivity index (χ4n) is 5.24. The maximum Gasteiger partial charge on any atom is 0.121 e. The lowest BCUT2D eigenvalue weighted by Crippen LogP contribution is -2.16. The highest BCUT2D eigenvalue weighted by molar-refractivity contribution is 5.40. The Labute approximate surface area is 238 Å². The summed E-state index contributed by atoms with van der Waals surface area (Å²) in [7, 11) is 0. The monoisotopic (exact) mass is 544 g/mol. The SMILES string of the molecule is CCOc1cccc(-n2cc(C(O)C3CCCCC3)c(CC)n2)c1.CCOc1cccc(-n2ccc(CC)n2)c1. The number of hydrogen-bond acceptors (Lipinski definition) is 5. The number of aromatic nitrogens is 4. The van der Waals surface area contributed by atoms with E-state index in [1.54, 1.807) is 0 Å². The molecular weight excluding hydrogens is 500 g/mol. The molecule has 1 atom stereocenters. The Balaban J connectivity index is 0.000000201. The lowest BCUT2D eigenvalue weighted by Gasteiger charge is -2.26. The van der Waals surface area contributed by atoms with E-state index < -0.39 is 6.10 Å². The van der Waals surface area contributed by atoms with Gasteiger partial charge in [-0.05, 0) is 75.8 Å². The van der Waals surface area contributed by atoms with Gasteiger partial charge in [0.25, 0.3) is 0 Å². The minimum absolute atomic E-state index is 0.372. The van der Waals surface area contributed by atoms with Gasteiger partial charge in [-0.3, -0.25) is 0 Å². The number of ether oxygens (including phenoxy) is 2. The zero-order chi connectivity index (χ0) is 28.3. The lowest BCUT2D eigenvalue weighted by atomic mass is 9.82. The van der Waals surface area contributed by atoms with E-state index in [4.69, 9.17) is 14.6 Å². The van der Waals surface area contributed by atoms with Crippen LogP contribution in [0.4, 0.5) is 0 Å². The summed E-state index contributed by atoms with van der Waals surface area (Å²) in [6, 6.07) is 17.9. The summed E-state index contributed by atoms with van der Waals surface area (Å²) < 4.78 is 14.8. The van der Waals surface area contributed by atoms with Crippen LogP contribution in [-0.4, -0.2) is 37.9 Å². The van der Waals surface area contributed by atoms with Crippen LogP contribution in [-0.2, 0) is 12.8 Å². The highest BCUT2D eigenvalue weighted by Gasteiger charge is 2.26. The minimum atomic E-state index is -0.399. The first-order valence-corrected chi connectivity index (χ1v) is 14.8. The van der Waals surface area contributed by atoms with E-state index in [9.17, 15) is 5.11 Å². The van der Waals surface area contributed by atoms with E-state index in [0.717, 1.165) is 65.5 Å². The molecule has 0 aliphatic heterocycles. The topological polar surface area (TPSA) is 74.3 Å². The molecule has 2 heterocycles. The van der Waals surface area contributed by atoms with E-state index in [2.05, 4.69) is 18.9 Å². The van der Waals surface area contributed by atoms with Crippen LogP contribution < -0.4 is 9.47 Å². The van der Waals surface area contributed by atoms with Crippen LogP contribution in [0.2, 0.25) is 0 Å². The average Bonchev–Trinajstić information content (AvgIpc) is 3.66. The number of aryl methyl sites for hydroxylation is 2. The Hall–Kier alpha value is -3.58. The number of benzene rings is 2. The van der Waals surface area contributed by atoms with Gasteiger partial charge < -0.3 is 14.6 Å². The van der Waals surface area contributed by atoms with E-state index >= 15 is 0 Å². The van der Waals surface area contributed by atoms with Gasteiger partial charge in [0, 0.05) is 30.1 Å². The molecule has 4 aromatic rings. The van der Waals surface area contributed by atoms with Gasteiger partial charge in [-0.1, -0.05) is 45.2 Å². The van der Waals surface area contributed by atoms with Crippen molar-refractivity contribution in [1.29, 1.82) is 0 Å². The number of aliphatic hydroxyl groups is 1. The molecule has 7 nitrogen and oxygen atoms in total. The first-order chi connectivity index (χ1) is 19.6. The smallest absolute Gasteiger partial charge is 0.121 e. The van der Waals surface area contributed by atoms with Crippen LogP contribution >= 0.6 is 0 Å². The third kappa shape index (κ3) is 7.54. The molecular formula is C33H44N4O3. The summed E-state index contributed by atoms with van der Waals surface area (Å²) in [5.41, 5.74) is 5.09. The number of rotatable bonds is 10. The van der Waals surface area contributed by atoms with Crippen LogP contribution in [0.25, 0.3) is 11.4 Å². The van der Waals surface area contributed by atoms with Crippen molar-refractivity contribution in [2.24, 2.45) is 5.92 Å². The van der Waals surface area contributed by atoms with Gasteiger partial charge >= 0.3 is 0 Å². The highest BCUT2D eigenvalue weighted by atomic mass is 16.5. The summed E-state index contributed by atoms with van der Waals surface area (Å²) in [6.45, 7) is 9.49. The van der Waals surface area contributed by atoms with Crippen molar-refractivity contribution in [2.45, 2.75) is 78.7 Å². The molecule has 2 aromatic heterocycles. The number of hydrogen-bond donors (Lipinski definition) is 1. The molecule has 1 unspecified atom stereocenters. The Morgan fingerprint density at radius 3 is 1.98 bits per heavy atom. The van der Waals surface area contributed by atoms with E-state index in [1.807, 2.05) is 90.2 Å². The molecule has 40 heavy (non-hydrogen) atoms. The van der Waals surface area contributed by atoms with Crippen molar-refractivity contribution in [2.75, 3.05) is 13.2 Å². The first kappa shape index (κ1) is 29.4. The molecule has 1 fully saturated rings. The van der Waals surface area contributed by atoms with Crippen molar-refractivity contribution in [3.05, 3.63) is 83.9 Å². The molecule has 1 aliphatic rings. The van der Waals surface area contributed by atoms with Crippen molar-refractivity contribution in [3.63, 3.8) is 0 Å². The normalized spacial score (nSPS) is 14.3. The highest BCUT2D eigenvalue weighted by Crippen LogP contribution is 2.36. The molecule has 0 radical (unpaired) electrons. The largest absolute Gasteiger partial charge is 0.494 e. The van der Waals surface area contributed by atoms with E-state index in [1.165, 1.54) is 19.3 Å². The zero-order valence-corrected chi connectivity index (χ0v) is 24.4. The van der Waals surface area contributed by atoms with Crippen molar-refractivity contribution < 1.29 is 14.6 Å². The first-order valence-electron chi connectivity index (χ1n) is 14.8. The van der Waals surface area contributed by atoms with Gasteiger partial charge in [-0.2, -0.15) is 10.2 Å². The van der Waals surface area contributed by atoms with Crippen LogP contribution in [0.1, 0.15) is 82.9 Å². The van der Waals surface area contributed by atoms with Crippen molar-refractivity contribution in [1.82, 2.24) is 19.6 Å². The molecule has 1 N–H and O–H groups in total. The van der Waals surface area contributed by atoms with Gasteiger partial charge in [0.2, 0.25) is 0 Å². The molecule has 2 aromatic carbocycles. The summed E-state index contributed by atoms with van der Waals surface area (Å²) in [5, 5.41) is 20.1. The number of nitrogens with zero attached hydrogens (tertiary/aromatic N) is 4. The minimum Gasteiger partial charge on any atom is -0.494 e. The second-order valence-electron chi connectivity index (χ2n) is 10.1. The molecule has 1 saturated carbocycles.